The summed E-state index contributed by atoms with van der Waals surface area (Å²) in [5.74, 6) is 0. The summed E-state index contributed by atoms with van der Waals surface area (Å²) in [4.78, 5) is -0.185. The van der Waals surface area contributed by atoms with Crippen molar-refractivity contribution in [1.82, 2.24) is 0 Å². The molecule has 15 heavy (non-hydrogen) atoms. The van der Waals surface area contributed by atoms with Crippen molar-refractivity contribution in [3.8, 4) is 0 Å². The summed E-state index contributed by atoms with van der Waals surface area (Å²) in [6.45, 7) is 4.50. The van der Waals surface area contributed by atoms with Crippen molar-refractivity contribution in [3.63, 3.8) is 0 Å². The molecule has 5 heteroatoms. The second-order valence-electron chi connectivity index (χ2n) is 2.87. The van der Waals surface area contributed by atoms with E-state index in [1.807, 2.05) is 0 Å². The Balaban J connectivity index is 0.000000336. The fraction of sp³-hybridized carbons (Fsp3) is 0.400. The van der Waals surface area contributed by atoms with E-state index in [2.05, 4.69) is 13.8 Å². The van der Waals surface area contributed by atoms with Crippen LogP contribution in [0.4, 0.5) is 0 Å². The van der Waals surface area contributed by atoms with Crippen LogP contribution in [0.15, 0.2) is 35.2 Å². The average molecular weight is 242 g/mol. The Morgan fingerprint density at radius 3 is 1.80 bits per heavy atom. The van der Waals surface area contributed by atoms with Gasteiger partial charge in [0.2, 0.25) is 0 Å². The first-order chi connectivity index (χ1) is 7.02. The molecular weight excluding hydrogens is 227 g/mol. The van der Waals surface area contributed by atoms with Gasteiger partial charge in [0.15, 0.2) is 0 Å². The summed E-state index contributed by atoms with van der Waals surface area (Å²) in [7, 11) is -4.25. The van der Waals surface area contributed by atoms with E-state index < -0.39 is 10.1 Å². The van der Waals surface area contributed by atoms with Gasteiger partial charge >= 0.3 is 39.6 Å². The number of benzene rings is 1. The van der Waals surface area contributed by atoms with Gasteiger partial charge in [0.25, 0.3) is 0 Å². The van der Waals surface area contributed by atoms with Gasteiger partial charge in [0.1, 0.15) is 10.1 Å². The van der Waals surface area contributed by atoms with Crippen LogP contribution in [0.2, 0.25) is 10.6 Å². The Hall–Kier alpha value is -0.338. The smallest absolute Gasteiger partial charge is 0.124 e. The summed E-state index contributed by atoms with van der Waals surface area (Å²) < 4.78 is 30.8. The molecule has 0 heterocycles. The fourth-order valence-electron chi connectivity index (χ4n) is 0.876. The summed E-state index contributed by atoms with van der Waals surface area (Å²) in [5, 5.41) is 2.85. The van der Waals surface area contributed by atoms with E-state index in [0.717, 1.165) is 15.2 Å². The molecule has 0 saturated carbocycles. The Morgan fingerprint density at radius 1 is 1.13 bits per heavy atom. The summed E-state index contributed by atoms with van der Waals surface area (Å²) in [5.41, 5.74) is 0. The van der Waals surface area contributed by atoms with Gasteiger partial charge in [-0.05, 0) is 12.1 Å². The predicted molar refractivity (Wildman–Crippen MR) is 61.1 cm³/mol. The molecule has 0 saturated heterocycles. The molecule has 3 nitrogen and oxygen atoms in total. The van der Waals surface area contributed by atoms with Crippen molar-refractivity contribution in [3.05, 3.63) is 30.3 Å². The van der Waals surface area contributed by atoms with Crippen LogP contribution in [0, 0.1) is 0 Å². The summed E-state index contributed by atoms with van der Waals surface area (Å²) >= 11 is 0.815. The molecule has 0 atom stereocenters. The maximum absolute atomic E-state index is 10.3. The second kappa shape index (κ2) is 7.89. The van der Waals surface area contributed by atoms with Gasteiger partial charge < -0.3 is 4.55 Å². The van der Waals surface area contributed by atoms with Crippen LogP contribution in [0.3, 0.4) is 0 Å². The minimum atomic E-state index is -4.25. The molecule has 0 aliphatic carbocycles. The standard InChI is InChI=1S/C6H6O3S.2C2H5.Al/c7-10(8,9)6-4-2-1-3-5-6;2*1-2;/h1-5H,(H,7,8,9);2*1H2,2H3;/q;;;+1/p-1. The first kappa shape index (κ1) is 14.7. The number of hydrogen-bond acceptors (Lipinski definition) is 3. The second-order valence-corrected chi connectivity index (χ2v) is 6.46. The first-order valence-electron chi connectivity index (χ1n) is 4.85. The third kappa shape index (κ3) is 7.58. The van der Waals surface area contributed by atoms with Crippen LogP contribution in [0.5, 0.6) is 0 Å². The van der Waals surface area contributed by atoms with Crippen molar-refractivity contribution in [2.24, 2.45) is 0 Å². The van der Waals surface area contributed by atoms with Crippen LogP contribution >= 0.6 is 0 Å². The fourth-order valence-corrected chi connectivity index (χ4v) is 1.94. The van der Waals surface area contributed by atoms with E-state index in [9.17, 15) is 13.0 Å². The van der Waals surface area contributed by atoms with E-state index in [1.54, 1.807) is 6.07 Å². The third-order valence-electron chi connectivity index (χ3n) is 1.61. The number of hydrogen-bond donors (Lipinski definition) is 0. The molecule has 1 aromatic carbocycles. The molecule has 0 aliphatic rings. The van der Waals surface area contributed by atoms with Crippen molar-refractivity contribution in [2.75, 3.05) is 0 Å². The minimum Gasteiger partial charge on any atom is -0.744 e. The largest absolute Gasteiger partial charge is 0.744 e. The molecule has 1 rings (SSSR count). The Morgan fingerprint density at radius 2 is 1.60 bits per heavy atom. The zero-order chi connectivity index (χ0) is 11.7. The maximum atomic E-state index is 10.3. The van der Waals surface area contributed by atoms with Crippen molar-refractivity contribution in [2.45, 2.75) is 29.3 Å². The SMILES string of the molecule is C[CH2][Al+][CH2]C.O=S(=O)([O-])c1ccccc1. The van der Waals surface area contributed by atoms with Gasteiger partial charge in [-0.1, -0.05) is 18.2 Å². The number of rotatable bonds is 3. The summed E-state index contributed by atoms with van der Waals surface area (Å²) in [6.07, 6.45) is 0. The Kier molecular flexibility index (Phi) is 7.71. The normalized spacial score (nSPS) is 9.80. The van der Waals surface area contributed by atoms with Gasteiger partial charge in [0, 0.05) is 0 Å². The van der Waals surface area contributed by atoms with Gasteiger partial charge in [-0.15, -0.1) is 0 Å². The van der Waals surface area contributed by atoms with Crippen LogP contribution in [0.25, 0.3) is 0 Å². The van der Waals surface area contributed by atoms with Crippen LogP contribution in [-0.4, -0.2) is 28.2 Å². The van der Waals surface area contributed by atoms with E-state index in [-0.39, 0.29) is 4.90 Å². The molecule has 0 bridgehead atoms. The predicted octanol–water partition coefficient (Wildman–Crippen LogP) is 2.16. The average Bonchev–Trinajstić information content (AvgIpc) is 2.20. The van der Waals surface area contributed by atoms with Crippen molar-refractivity contribution in [1.29, 1.82) is 0 Å². The molecule has 1 aromatic rings. The Bertz CT molecular complexity index is 346. The molecule has 0 unspecified atom stereocenters. The zero-order valence-electron chi connectivity index (χ0n) is 9.01. The molecule has 0 aromatic heterocycles. The molecule has 0 spiro atoms. The minimum absolute atomic E-state index is 0.185. The zero-order valence-corrected chi connectivity index (χ0v) is 11.0. The van der Waals surface area contributed by atoms with Gasteiger partial charge in [-0.25, -0.2) is 8.42 Å². The van der Waals surface area contributed by atoms with Crippen molar-refractivity contribution >= 4 is 25.3 Å². The molecule has 0 amide bonds. The maximum Gasteiger partial charge on any atom is 0.124 e. The van der Waals surface area contributed by atoms with Crippen LogP contribution in [0.1, 0.15) is 13.8 Å². The van der Waals surface area contributed by atoms with Gasteiger partial charge in [0.05, 0.1) is 4.90 Å². The molecule has 0 N–H and O–H groups in total. The molecule has 0 radical (unpaired) electrons. The van der Waals surface area contributed by atoms with Gasteiger partial charge in [-0.2, -0.15) is 0 Å². The summed E-state index contributed by atoms with van der Waals surface area (Å²) in [6, 6.07) is 7.19. The molecular formula is C10H15AlO3S. The van der Waals surface area contributed by atoms with E-state index in [0.29, 0.717) is 0 Å². The monoisotopic (exact) mass is 242 g/mol. The van der Waals surface area contributed by atoms with Crippen molar-refractivity contribution < 1.29 is 13.0 Å². The third-order valence-corrected chi connectivity index (χ3v) is 3.61. The Labute approximate surface area is 98.0 Å². The first-order valence-corrected chi connectivity index (χ1v) is 7.89. The molecule has 0 fully saturated rings. The van der Waals surface area contributed by atoms with Crippen LogP contribution in [-0.2, 0) is 10.1 Å². The van der Waals surface area contributed by atoms with E-state index >= 15 is 0 Å². The molecule has 82 valence electrons. The van der Waals surface area contributed by atoms with Crippen LogP contribution < -0.4 is 0 Å². The quantitative estimate of drug-likeness (QED) is 0.603. The van der Waals surface area contributed by atoms with E-state index in [4.69, 9.17) is 0 Å². The topological polar surface area (TPSA) is 57.2 Å². The van der Waals surface area contributed by atoms with E-state index in [1.165, 1.54) is 34.8 Å². The molecule has 0 aliphatic heterocycles. The van der Waals surface area contributed by atoms with Gasteiger partial charge in [-0.3, -0.25) is 0 Å².